The number of nitriles is 1. The van der Waals surface area contributed by atoms with E-state index in [9.17, 15) is 5.26 Å². The maximum Gasteiger partial charge on any atom is 0.0827 e. The molecule has 0 N–H and O–H groups in total. The van der Waals surface area contributed by atoms with Crippen LogP contribution >= 0.6 is 0 Å². The Hall–Kier alpha value is -1.29. The molecule has 1 aliphatic carbocycles. The molecule has 1 saturated carbocycles. The molecule has 0 atom stereocenters. The van der Waals surface area contributed by atoms with E-state index in [4.69, 9.17) is 0 Å². The van der Waals surface area contributed by atoms with Crippen LogP contribution in [0.2, 0.25) is 0 Å². The van der Waals surface area contributed by atoms with Crippen molar-refractivity contribution in [2.24, 2.45) is 5.92 Å². The quantitative estimate of drug-likeness (QED) is 0.679. The highest BCUT2D eigenvalue weighted by atomic mass is 14.5. The van der Waals surface area contributed by atoms with Crippen molar-refractivity contribution in [1.29, 1.82) is 5.26 Å². The third kappa shape index (κ3) is 1.65. The van der Waals surface area contributed by atoms with Crippen molar-refractivity contribution in [1.82, 2.24) is 0 Å². The SMILES string of the molecule is Cc1cc(C)cc(C2(C#N)CC(C)C2)c1. The van der Waals surface area contributed by atoms with Crippen LogP contribution in [0.15, 0.2) is 18.2 Å². The molecule has 0 heterocycles. The van der Waals surface area contributed by atoms with E-state index in [1.165, 1.54) is 16.7 Å². The molecule has 0 bridgehead atoms. The standard InChI is InChI=1S/C14H17N/c1-10-4-11(2)6-13(5-10)14(9-15)7-12(3)8-14/h4-6,12H,7-8H2,1-3H3. The van der Waals surface area contributed by atoms with Crippen molar-refractivity contribution < 1.29 is 0 Å². The topological polar surface area (TPSA) is 23.8 Å². The van der Waals surface area contributed by atoms with E-state index < -0.39 is 0 Å². The zero-order valence-electron chi connectivity index (χ0n) is 9.67. The second-order valence-corrected chi connectivity index (χ2v) is 5.08. The van der Waals surface area contributed by atoms with Crippen LogP contribution in [0, 0.1) is 31.1 Å². The number of hydrogen-bond acceptors (Lipinski definition) is 1. The van der Waals surface area contributed by atoms with Crippen molar-refractivity contribution in [2.75, 3.05) is 0 Å². The molecule has 0 radical (unpaired) electrons. The van der Waals surface area contributed by atoms with Gasteiger partial charge in [0.2, 0.25) is 0 Å². The number of nitrogens with zero attached hydrogens (tertiary/aromatic N) is 1. The minimum absolute atomic E-state index is 0.184. The third-order valence-corrected chi connectivity index (χ3v) is 3.38. The maximum absolute atomic E-state index is 9.34. The van der Waals surface area contributed by atoms with Gasteiger partial charge in [0.15, 0.2) is 0 Å². The van der Waals surface area contributed by atoms with Gasteiger partial charge in [0.05, 0.1) is 11.5 Å². The van der Waals surface area contributed by atoms with Crippen molar-refractivity contribution in [3.8, 4) is 6.07 Å². The zero-order valence-corrected chi connectivity index (χ0v) is 9.67. The van der Waals surface area contributed by atoms with E-state index in [1.54, 1.807) is 0 Å². The lowest BCUT2D eigenvalue weighted by molar-refractivity contribution is 0.217. The van der Waals surface area contributed by atoms with Gasteiger partial charge in [-0.1, -0.05) is 36.2 Å². The summed E-state index contributed by atoms with van der Waals surface area (Å²) in [4.78, 5) is 0. The smallest absolute Gasteiger partial charge is 0.0827 e. The van der Waals surface area contributed by atoms with Crippen LogP contribution in [0.3, 0.4) is 0 Å². The molecule has 1 fully saturated rings. The van der Waals surface area contributed by atoms with E-state index >= 15 is 0 Å². The largest absolute Gasteiger partial charge is 0.197 e. The fourth-order valence-electron chi connectivity index (χ4n) is 2.77. The summed E-state index contributed by atoms with van der Waals surface area (Å²) in [7, 11) is 0. The van der Waals surface area contributed by atoms with Crippen LogP contribution < -0.4 is 0 Å². The highest BCUT2D eigenvalue weighted by molar-refractivity contribution is 5.40. The summed E-state index contributed by atoms with van der Waals surface area (Å²) < 4.78 is 0. The summed E-state index contributed by atoms with van der Waals surface area (Å²) in [6.45, 7) is 6.42. The van der Waals surface area contributed by atoms with Crippen LogP contribution in [-0.2, 0) is 5.41 Å². The predicted octanol–water partition coefficient (Wildman–Crippen LogP) is 3.49. The lowest BCUT2D eigenvalue weighted by Crippen LogP contribution is -2.38. The lowest BCUT2D eigenvalue weighted by Gasteiger charge is -2.41. The summed E-state index contributed by atoms with van der Waals surface area (Å²) in [5.74, 6) is 0.700. The van der Waals surface area contributed by atoms with Gasteiger partial charge in [-0.2, -0.15) is 5.26 Å². The summed E-state index contributed by atoms with van der Waals surface area (Å²) >= 11 is 0. The van der Waals surface area contributed by atoms with E-state index in [1.807, 2.05) is 0 Å². The molecule has 1 nitrogen and oxygen atoms in total. The summed E-state index contributed by atoms with van der Waals surface area (Å²) in [5, 5.41) is 9.34. The van der Waals surface area contributed by atoms with Gasteiger partial charge in [-0.3, -0.25) is 0 Å². The molecule has 0 aromatic heterocycles. The molecule has 0 spiro atoms. The normalized spacial score (nSPS) is 29.3. The first-order valence-electron chi connectivity index (χ1n) is 5.56. The molecular weight excluding hydrogens is 182 g/mol. The second kappa shape index (κ2) is 3.38. The van der Waals surface area contributed by atoms with E-state index in [-0.39, 0.29) is 5.41 Å². The fourth-order valence-corrected chi connectivity index (χ4v) is 2.77. The van der Waals surface area contributed by atoms with Crippen LogP contribution in [0.25, 0.3) is 0 Å². The number of hydrogen-bond donors (Lipinski definition) is 0. The molecule has 0 amide bonds. The van der Waals surface area contributed by atoms with Gasteiger partial charge in [-0.05, 0) is 38.2 Å². The Labute approximate surface area is 91.7 Å². The van der Waals surface area contributed by atoms with Gasteiger partial charge in [-0.15, -0.1) is 0 Å². The maximum atomic E-state index is 9.34. The van der Waals surface area contributed by atoms with E-state index in [0.29, 0.717) is 5.92 Å². The minimum Gasteiger partial charge on any atom is -0.197 e. The Morgan fingerprint density at radius 2 is 1.73 bits per heavy atom. The average molecular weight is 199 g/mol. The Morgan fingerprint density at radius 1 is 1.20 bits per heavy atom. The molecule has 1 aliphatic rings. The molecule has 1 aromatic carbocycles. The molecule has 0 unspecified atom stereocenters. The Bertz CT molecular complexity index is 399. The average Bonchev–Trinajstić information content (AvgIpc) is 2.10. The van der Waals surface area contributed by atoms with E-state index in [0.717, 1.165) is 12.8 Å². The third-order valence-electron chi connectivity index (χ3n) is 3.38. The molecule has 0 saturated heterocycles. The van der Waals surface area contributed by atoms with Gasteiger partial charge in [-0.25, -0.2) is 0 Å². The van der Waals surface area contributed by atoms with Crippen LogP contribution in [0.1, 0.15) is 36.5 Å². The molecule has 15 heavy (non-hydrogen) atoms. The second-order valence-electron chi connectivity index (χ2n) is 5.08. The molecule has 78 valence electrons. The first-order valence-corrected chi connectivity index (χ1v) is 5.56. The van der Waals surface area contributed by atoms with Gasteiger partial charge >= 0.3 is 0 Å². The van der Waals surface area contributed by atoms with E-state index in [2.05, 4.69) is 45.0 Å². The Kier molecular flexibility index (Phi) is 2.31. The fraction of sp³-hybridized carbons (Fsp3) is 0.500. The highest BCUT2D eigenvalue weighted by Gasteiger charge is 2.43. The number of aryl methyl sites for hydroxylation is 2. The first-order chi connectivity index (χ1) is 7.05. The van der Waals surface area contributed by atoms with Crippen molar-refractivity contribution >= 4 is 0 Å². The summed E-state index contributed by atoms with van der Waals surface area (Å²) in [6.07, 6.45) is 2.04. The van der Waals surface area contributed by atoms with Crippen molar-refractivity contribution in [3.63, 3.8) is 0 Å². The van der Waals surface area contributed by atoms with Crippen molar-refractivity contribution in [3.05, 3.63) is 34.9 Å². The zero-order chi connectivity index (χ0) is 11.1. The number of benzene rings is 1. The summed E-state index contributed by atoms with van der Waals surface area (Å²) in [5.41, 5.74) is 3.56. The molecular formula is C14H17N. The van der Waals surface area contributed by atoms with Gasteiger partial charge in [0, 0.05) is 0 Å². The highest BCUT2D eigenvalue weighted by Crippen LogP contribution is 2.47. The van der Waals surface area contributed by atoms with Gasteiger partial charge in [0.25, 0.3) is 0 Å². The lowest BCUT2D eigenvalue weighted by atomic mass is 9.60. The first kappa shape index (κ1) is 10.2. The molecule has 0 aliphatic heterocycles. The minimum atomic E-state index is -0.184. The molecule has 1 aromatic rings. The van der Waals surface area contributed by atoms with Crippen LogP contribution in [0.4, 0.5) is 0 Å². The Balaban J connectivity index is 2.41. The monoisotopic (exact) mass is 199 g/mol. The van der Waals surface area contributed by atoms with Gasteiger partial charge in [0.1, 0.15) is 0 Å². The molecule has 2 rings (SSSR count). The molecule has 1 heteroatoms. The predicted molar refractivity (Wildman–Crippen MR) is 61.6 cm³/mol. The number of rotatable bonds is 1. The van der Waals surface area contributed by atoms with Crippen LogP contribution in [0.5, 0.6) is 0 Å². The van der Waals surface area contributed by atoms with Gasteiger partial charge < -0.3 is 0 Å². The Morgan fingerprint density at radius 3 is 2.13 bits per heavy atom. The van der Waals surface area contributed by atoms with Crippen molar-refractivity contribution in [2.45, 2.75) is 39.0 Å². The van der Waals surface area contributed by atoms with Crippen LogP contribution in [-0.4, -0.2) is 0 Å². The summed E-state index contributed by atoms with van der Waals surface area (Å²) in [6, 6.07) is 9.02.